The first-order valence-electron chi connectivity index (χ1n) is 7.01. The minimum atomic E-state index is -0.812. The van der Waals surface area contributed by atoms with Crippen molar-refractivity contribution in [1.82, 2.24) is 15.8 Å². The summed E-state index contributed by atoms with van der Waals surface area (Å²) in [6, 6.07) is 0.348. The fourth-order valence-electron chi connectivity index (χ4n) is 2.67. The van der Waals surface area contributed by atoms with Crippen molar-refractivity contribution in [2.45, 2.75) is 58.0 Å². The van der Waals surface area contributed by atoms with Gasteiger partial charge in [0.1, 0.15) is 0 Å². The number of rotatable bonds is 4. The van der Waals surface area contributed by atoms with Crippen LogP contribution >= 0.6 is 0 Å². The van der Waals surface area contributed by atoms with Crippen molar-refractivity contribution < 1.29 is 14.7 Å². The van der Waals surface area contributed by atoms with Crippen LogP contribution in [0.5, 0.6) is 0 Å². The summed E-state index contributed by atoms with van der Waals surface area (Å²) in [5.74, 6) is -0.812. The highest BCUT2D eigenvalue weighted by Gasteiger charge is 2.50. The first-order chi connectivity index (χ1) is 8.94. The van der Waals surface area contributed by atoms with Gasteiger partial charge in [-0.15, -0.1) is 0 Å². The highest BCUT2D eigenvalue weighted by molar-refractivity contribution is 5.80. The molecule has 1 saturated heterocycles. The molecule has 6 nitrogen and oxygen atoms in total. The molecular formula is C13H23N3O3. The number of piperidine rings is 1. The first-order valence-corrected chi connectivity index (χ1v) is 7.01. The van der Waals surface area contributed by atoms with Crippen LogP contribution < -0.4 is 10.7 Å². The maximum absolute atomic E-state index is 11.8. The van der Waals surface area contributed by atoms with Crippen LogP contribution in [-0.2, 0) is 4.79 Å². The second kappa shape index (κ2) is 5.36. The van der Waals surface area contributed by atoms with Crippen molar-refractivity contribution in [2.75, 3.05) is 6.54 Å². The van der Waals surface area contributed by atoms with Gasteiger partial charge in [-0.1, -0.05) is 6.42 Å². The summed E-state index contributed by atoms with van der Waals surface area (Å²) < 4.78 is 0. The molecule has 0 aromatic carbocycles. The Balaban J connectivity index is 1.79. The molecule has 2 rings (SSSR count). The number of nitrogens with zero attached hydrogens (tertiary/aromatic N) is 1. The molecule has 2 fully saturated rings. The van der Waals surface area contributed by atoms with Gasteiger partial charge in [-0.05, 0) is 39.5 Å². The minimum absolute atomic E-state index is 0.213. The third kappa shape index (κ3) is 3.18. The normalized spacial score (nSPS) is 29.6. The summed E-state index contributed by atoms with van der Waals surface area (Å²) in [7, 11) is 0. The van der Waals surface area contributed by atoms with Crippen molar-refractivity contribution >= 4 is 12.0 Å². The third-order valence-corrected chi connectivity index (χ3v) is 4.32. The Labute approximate surface area is 113 Å². The molecule has 0 aromatic rings. The summed E-state index contributed by atoms with van der Waals surface area (Å²) >= 11 is 0. The van der Waals surface area contributed by atoms with Crippen molar-refractivity contribution in [3.05, 3.63) is 0 Å². The van der Waals surface area contributed by atoms with Gasteiger partial charge in [-0.2, -0.15) is 0 Å². The molecule has 1 saturated carbocycles. The minimum Gasteiger partial charge on any atom is -0.481 e. The van der Waals surface area contributed by atoms with Gasteiger partial charge in [0.05, 0.1) is 5.41 Å². The lowest BCUT2D eigenvalue weighted by Crippen LogP contribution is -2.57. The number of hydrogen-bond acceptors (Lipinski definition) is 3. The van der Waals surface area contributed by atoms with Crippen LogP contribution in [0.15, 0.2) is 0 Å². The monoisotopic (exact) mass is 269 g/mol. The Kier molecular flexibility index (Phi) is 3.99. The zero-order valence-electron chi connectivity index (χ0n) is 11.6. The zero-order chi connectivity index (χ0) is 14.0. The maximum Gasteiger partial charge on any atom is 0.329 e. The molecule has 0 aromatic heterocycles. The van der Waals surface area contributed by atoms with E-state index in [9.17, 15) is 9.59 Å². The number of hydrogen-bond donors (Lipinski definition) is 3. The number of carboxylic acid groups (broad SMARTS) is 1. The van der Waals surface area contributed by atoms with Crippen LogP contribution in [0.25, 0.3) is 0 Å². The summed E-state index contributed by atoms with van der Waals surface area (Å²) in [4.78, 5) is 22.9. The molecule has 0 radical (unpaired) electrons. The summed E-state index contributed by atoms with van der Waals surface area (Å²) in [6.45, 7) is 4.40. The molecule has 19 heavy (non-hydrogen) atoms. The molecule has 108 valence electrons. The van der Waals surface area contributed by atoms with Crippen molar-refractivity contribution in [3.63, 3.8) is 0 Å². The molecule has 2 atom stereocenters. The molecular weight excluding hydrogens is 246 g/mol. The number of nitrogens with one attached hydrogen (secondary N) is 2. The van der Waals surface area contributed by atoms with Gasteiger partial charge < -0.3 is 10.4 Å². The van der Waals surface area contributed by atoms with Gasteiger partial charge >= 0.3 is 12.0 Å². The lowest BCUT2D eigenvalue weighted by molar-refractivity contribution is -0.143. The highest BCUT2D eigenvalue weighted by Crippen LogP contribution is 2.45. The Hall–Kier alpha value is -1.30. The SMILES string of the molecule is CC1CCCC(C)N1NC(=O)NCC1(C(=O)O)CC1. The van der Waals surface area contributed by atoms with Crippen LogP contribution in [0, 0.1) is 5.41 Å². The number of hydrazine groups is 1. The number of amides is 2. The van der Waals surface area contributed by atoms with E-state index in [1.165, 1.54) is 6.42 Å². The standard InChI is InChI=1S/C13H23N3O3/c1-9-4-3-5-10(2)16(9)15-12(19)14-8-13(6-7-13)11(17)18/h9-10H,3-8H2,1-2H3,(H,17,18)(H2,14,15,19). The molecule has 1 heterocycles. The second-order valence-electron chi connectivity index (χ2n) is 5.92. The average molecular weight is 269 g/mol. The van der Waals surface area contributed by atoms with E-state index in [1.807, 2.05) is 5.01 Å². The number of aliphatic carboxylic acids is 1. The van der Waals surface area contributed by atoms with Crippen LogP contribution in [0.3, 0.4) is 0 Å². The fourth-order valence-corrected chi connectivity index (χ4v) is 2.67. The zero-order valence-corrected chi connectivity index (χ0v) is 11.6. The lowest BCUT2D eigenvalue weighted by atomic mass is 10.00. The molecule has 2 unspecified atom stereocenters. The number of carbonyl (C=O) groups excluding carboxylic acids is 1. The fraction of sp³-hybridized carbons (Fsp3) is 0.846. The molecule has 3 N–H and O–H groups in total. The summed E-state index contributed by atoms with van der Waals surface area (Å²) in [6.07, 6.45) is 4.63. The number of carboxylic acids is 1. The number of carbonyl (C=O) groups is 2. The van der Waals surface area contributed by atoms with Gasteiger partial charge in [0.15, 0.2) is 0 Å². The van der Waals surface area contributed by atoms with Gasteiger partial charge in [0, 0.05) is 18.6 Å². The molecule has 0 bridgehead atoms. The lowest BCUT2D eigenvalue weighted by Gasteiger charge is -2.38. The van der Waals surface area contributed by atoms with Gasteiger partial charge in [-0.25, -0.2) is 9.80 Å². The Morgan fingerprint density at radius 1 is 1.26 bits per heavy atom. The smallest absolute Gasteiger partial charge is 0.329 e. The maximum atomic E-state index is 11.8. The van der Waals surface area contributed by atoms with E-state index in [0.29, 0.717) is 24.9 Å². The summed E-state index contributed by atoms with van der Waals surface area (Å²) in [5.41, 5.74) is 2.14. The van der Waals surface area contributed by atoms with E-state index in [4.69, 9.17) is 5.11 Å². The van der Waals surface area contributed by atoms with Crippen LogP contribution in [0.1, 0.15) is 46.0 Å². The third-order valence-electron chi connectivity index (χ3n) is 4.32. The van der Waals surface area contributed by atoms with E-state index in [0.717, 1.165) is 12.8 Å². The second-order valence-corrected chi connectivity index (χ2v) is 5.92. The first kappa shape index (κ1) is 14.1. The highest BCUT2D eigenvalue weighted by atomic mass is 16.4. The van der Waals surface area contributed by atoms with E-state index >= 15 is 0 Å². The quantitative estimate of drug-likeness (QED) is 0.719. The van der Waals surface area contributed by atoms with Crippen LogP contribution in [0.2, 0.25) is 0 Å². The Morgan fingerprint density at radius 3 is 2.32 bits per heavy atom. The van der Waals surface area contributed by atoms with Crippen molar-refractivity contribution in [3.8, 4) is 0 Å². The number of urea groups is 1. The van der Waals surface area contributed by atoms with Gasteiger partial charge in [-0.3, -0.25) is 10.2 Å². The van der Waals surface area contributed by atoms with Crippen LogP contribution in [-0.4, -0.2) is 40.7 Å². The van der Waals surface area contributed by atoms with Crippen LogP contribution in [0.4, 0.5) is 4.79 Å². The Morgan fingerprint density at radius 2 is 1.84 bits per heavy atom. The topological polar surface area (TPSA) is 81.7 Å². The van der Waals surface area contributed by atoms with Crippen molar-refractivity contribution in [1.29, 1.82) is 0 Å². The van der Waals surface area contributed by atoms with Gasteiger partial charge in [0.2, 0.25) is 0 Å². The molecule has 0 spiro atoms. The predicted octanol–water partition coefficient (Wildman–Crippen LogP) is 1.33. The summed E-state index contributed by atoms with van der Waals surface area (Å²) in [5, 5.41) is 13.7. The Bertz CT molecular complexity index is 358. The molecule has 6 heteroatoms. The van der Waals surface area contributed by atoms with Gasteiger partial charge in [0.25, 0.3) is 0 Å². The van der Waals surface area contributed by atoms with Crippen molar-refractivity contribution in [2.24, 2.45) is 5.41 Å². The molecule has 2 aliphatic rings. The van der Waals surface area contributed by atoms with E-state index < -0.39 is 11.4 Å². The van der Waals surface area contributed by atoms with E-state index in [1.54, 1.807) is 0 Å². The molecule has 2 amide bonds. The predicted molar refractivity (Wildman–Crippen MR) is 70.5 cm³/mol. The molecule has 1 aliphatic carbocycles. The molecule has 1 aliphatic heterocycles. The average Bonchev–Trinajstić information content (AvgIpc) is 3.13. The largest absolute Gasteiger partial charge is 0.481 e. The van der Waals surface area contributed by atoms with E-state index in [2.05, 4.69) is 24.6 Å². The van der Waals surface area contributed by atoms with E-state index in [-0.39, 0.29) is 12.6 Å².